The van der Waals surface area contributed by atoms with Crippen molar-refractivity contribution in [1.82, 2.24) is 5.32 Å². The summed E-state index contributed by atoms with van der Waals surface area (Å²) in [7, 11) is 0. The lowest BCUT2D eigenvalue weighted by molar-refractivity contribution is -0.137. The van der Waals surface area contributed by atoms with E-state index in [0.717, 1.165) is 0 Å². The monoisotopic (exact) mass is 317 g/mol. The molecule has 0 saturated heterocycles. The predicted octanol–water partition coefficient (Wildman–Crippen LogP) is 3.16. The summed E-state index contributed by atoms with van der Waals surface area (Å²) in [4.78, 5) is 22.6. The molecule has 1 rings (SSSR count). The number of aryl methyl sites for hydroxylation is 1. The molecule has 0 radical (unpaired) electrons. The van der Waals surface area contributed by atoms with Crippen molar-refractivity contribution in [2.75, 3.05) is 0 Å². The van der Waals surface area contributed by atoms with E-state index < -0.39 is 24.5 Å². The highest BCUT2D eigenvalue weighted by Gasteiger charge is 2.27. The minimum atomic E-state index is -4.28. The van der Waals surface area contributed by atoms with Crippen LogP contribution in [-0.2, 0) is 11.2 Å². The Morgan fingerprint density at radius 1 is 1.27 bits per heavy atom. The second kappa shape index (κ2) is 7.82. The van der Waals surface area contributed by atoms with Gasteiger partial charge in [-0.05, 0) is 31.4 Å². The second-order valence-corrected chi connectivity index (χ2v) is 5.08. The van der Waals surface area contributed by atoms with Crippen LogP contribution in [0.1, 0.15) is 42.1 Å². The first-order valence-corrected chi connectivity index (χ1v) is 6.86. The van der Waals surface area contributed by atoms with E-state index in [0.29, 0.717) is 5.56 Å². The number of benzene rings is 1. The fourth-order valence-electron chi connectivity index (χ4n) is 1.95. The van der Waals surface area contributed by atoms with Gasteiger partial charge in [-0.2, -0.15) is 13.2 Å². The maximum atomic E-state index is 12.3. The first-order valence-electron chi connectivity index (χ1n) is 6.86. The van der Waals surface area contributed by atoms with Crippen LogP contribution >= 0.6 is 0 Å². The molecule has 0 fully saturated rings. The molecular formula is C15H18F3NO3. The minimum Gasteiger partial charge on any atom is -0.481 e. The summed E-state index contributed by atoms with van der Waals surface area (Å²) in [5.41, 5.74) is 0.511. The first-order chi connectivity index (χ1) is 10.2. The molecule has 0 bridgehead atoms. The molecule has 0 aliphatic rings. The first kappa shape index (κ1) is 18.0. The predicted molar refractivity (Wildman–Crippen MR) is 74.6 cm³/mol. The topological polar surface area (TPSA) is 66.4 Å². The van der Waals surface area contributed by atoms with Gasteiger partial charge in [-0.15, -0.1) is 0 Å². The van der Waals surface area contributed by atoms with Crippen LogP contribution in [0.5, 0.6) is 0 Å². The maximum Gasteiger partial charge on any atom is 0.389 e. The SMILES string of the molecule is CC(CCC(=O)O)NC(=O)c1ccccc1CCC(F)(F)F. The quantitative estimate of drug-likeness (QED) is 0.812. The van der Waals surface area contributed by atoms with Gasteiger partial charge in [-0.25, -0.2) is 0 Å². The molecule has 2 N–H and O–H groups in total. The van der Waals surface area contributed by atoms with Gasteiger partial charge in [0.25, 0.3) is 5.91 Å². The number of amides is 1. The Bertz CT molecular complexity index is 529. The fourth-order valence-corrected chi connectivity index (χ4v) is 1.95. The maximum absolute atomic E-state index is 12.3. The van der Waals surface area contributed by atoms with Crippen molar-refractivity contribution < 1.29 is 27.9 Å². The third kappa shape index (κ3) is 6.60. The number of hydrogen-bond acceptors (Lipinski definition) is 2. The summed E-state index contributed by atoms with van der Waals surface area (Å²) in [5.74, 6) is -1.46. The Morgan fingerprint density at radius 3 is 2.50 bits per heavy atom. The number of halogens is 3. The third-order valence-electron chi connectivity index (χ3n) is 3.11. The number of rotatable bonds is 7. The van der Waals surface area contributed by atoms with Gasteiger partial charge in [-0.1, -0.05) is 18.2 Å². The Morgan fingerprint density at radius 2 is 1.91 bits per heavy atom. The molecule has 1 atom stereocenters. The van der Waals surface area contributed by atoms with Gasteiger partial charge in [0.15, 0.2) is 0 Å². The number of carboxylic acids is 1. The molecule has 7 heteroatoms. The van der Waals surface area contributed by atoms with Gasteiger partial charge in [0, 0.05) is 24.4 Å². The lowest BCUT2D eigenvalue weighted by Crippen LogP contribution is -2.33. The van der Waals surface area contributed by atoms with Crippen molar-refractivity contribution in [2.24, 2.45) is 0 Å². The van der Waals surface area contributed by atoms with Crippen LogP contribution in [0, 0.1) is 0 Å². The van der Waals surface area contributed by atoms with E-state index in [1.165, 1.54) is 12.1 Å². The number of nitrogens with one attached hydrogen (secondary N) is 1. The van der Waals surface area contributed by atoms with E-state index >= 15 is 0 Å². The van der Waals surface area contributed by atoms with E-state index in [9.17, 15) is 22.8 Å². The smallest absolute Gasteiger partial charge is 0.389 e. The van der Waals surface area contributed by atoms with Gasteiger partial charge in [0.05, 0.1) is 0 Å². The summed E-state index contributed by atoms with van der Waals surface area (Å²) in [5, 5.41) is 11.2. The minimum absolute atomic E-state index is 0.0861. The molecule has 0 aromatic heterocycles. The van der Waals surface area contributed by atoms with Crippen LogP contribution in [0.25, 0.3) is 0 Å². The van der Waals surface area contributed by atoms with Crippen LogP contribution in [0.2, 0.25) is 0 Å². The molecular weight excluding hydrogens is 299 g/mol. The van der Waals surface area contributed by atoms with Gasteiger partial charge >= 0.3 is 12.1 Å². The number of carbonyl (C=O) groups excluding carboxylic acids is 1. The summed E-state index contributed by atoms with van der Waals surface area (Å²) in [6.45, 7) is 1.65. The zero-order valence-electron chi connectivity index (χ0n) is 12.1. The highest BCUT2D eigenvalue weighted by Crippen LogP contribution is 2.23. The van der Waals surface area contributed by atoms with Gasteiger partial charge in [0.1, 0.15) is 0 Å². The van der Waals surface area contributed by atoms with E-state index in [-0.39, 0.29) is 30.9 Å². The van der Waals surface area contributed by atoms with E-state index in [4.69, 9.17) is 5.11 Å². The molecule has 122 valence electrons. The van der Waals surface area contributed by atoms with Gasteiger partial charge < -0.3 is 10.4 Å². The second-order valence-electron chi connectivity index (χ2n) is 5.08. The lowest BCUT2D eigenvalue weighted by Gasteiger charge is -2.15. The third-order valence-corrected chi connectivity index (χ3v) is 3.11. The molecule has 0 saturated carbocycles. The molecule has 0 aliphatic carbocycles. The number of alkyl halides is 3. The van der Waals surface area contributed by atoms with Gasteiger partial charge in [-0.3, -0.25) is 9.59 Å². The highest BCUT2D eigenvalue weighted by molar-refractivity contribution is 5.95. The van der Waals surface area contributed by atoms with Crippen molar-refractivity contribution in [3.8, 4) is 0 Å². The number of carboxylic acid groups (broad SMARTS) is 1. The molecule has 4 nitrogen and oxygen atoms in total. The molecule has 0 heterocycles. The summed E-state index contributed by atoms with van der Waals surface area (Å²) in [6, 6.07) is 5.73. The molecule has 22 heavy (non-hydrogen) atoms. The zero-order valence-corrected chi connectivity index (χ0v) is 12.1. The van der Waals surface area contributed by atoms with Crippen molar-refractivity contribution in [1.29, 1.82) is 0 Å². The van der Waals surface area contributed by atoms with Crippen molar-refractivity contribution in [3.63, 3.8) is 0 Å². The van der Waals surface area contributed by atoms with Crippen molar-refractivity contribution in [2.45, 2.75) is 44.8 Å². The number of hydrogen-bond donors (Lipinski definition) is 2. The lowest BCUT2D eigenvalue weighted by atomic mass is 10.0. The Hall–Kier alpha value is -2.05. The zero-order chi connectivity index (χ0) is 16.8. The Kier molecular flexibility index (Phi) is 6.39. The van der Waals surface area contributed by atoms with E-state index in [2.05, 4.69) is 5.32 Å². The summed E-state index contributed by atoms with van der Waals surface area (Å²) >= 11 is 0. The van der Waals surface area contributed by atoms with Crippen LogP contribution in [0.4, 0.5) is 13.2 Å². The molecule has 0 aliphatic heterocycles. The average molecular weight is 317 g/mol. The Balaban J connectivity index is 2.70. The molecule has 1 aromatic carbocycles. The van der Waals surface area contributed by atoms with Crippen LogP contribution in [-0.4, -0.2) is 29.2 Å². The number of carbonyl (C=O) groups is 2. The fraction of sp³-hybridized carbons (Fsp3) is 0.467. The molecule has 1 aromatic rings. The average Bonchev–Trinajstić information content (AvgIpc) is 2.42. The van der Waals surface area contributed by atoms with E-state index in [1.54, 1.807) is 19.1 Å². The van der Waals surface area contributed by atoms with Gasteiger partial charge in [0.2, 0.25) is 0 Å². The normalized spacial score (nSPS) is 12.7. The van der Waals surface area contributed by atoms with E-state index in [1.807, 2.05) is 0 Å². The molecule has 0 spiro atoms. The standard InChI is InChI=1S/C15H18F3NO3/c1-10(6-7-13(20)21)19-14(22)12-5-3-2-4-11(12)8-9-15(16,17)18/h2-5,10H,6-9H2,1H3,(H,19,22)(H,20,21). The van der Waals surface area contributed by atoms with Crippen molar-refractivity contribution in [3.05, 3.63) is 35.4 Å². The van der Waals surface area contributed by atoms with Crippen LogP contribution in [0.3, 0.4) is 0 Å². The Labute approximate surface area is 126 Å². The molecule has 1 unspecified atom stereocenters. The summed E-state index contributed by atoms with van der Waals surface area (Å²) in [6.07, 6.45) is -5.37. The summed E-state index contributed by atoms with van der Waals surface area (Å²) < 4.78 is 36.9. The van der Waals surface area contributed by atoms with Crippen molar-refractivity contribution >= 4 is 11.9 Å². The number of aliphatic carboxylic acids is 1. The molecule has 1 amide bonds. The highest BCUT2D eigenvalue weighted by atomic mass is 19.4. The largest absolute Gasteiger partial charge is 0.481 e. The van der Waals surface area contributed by atoms with Crippen LogP contribution in [0.15, 0.2) is 24.3 Å². The van der Waals surface area contributed by atoms with Crippen LogP contribution < -0.4 is 5.32 Å².